The van der Waals surface area contributed by atoms with Gasteiger partial charge in [-0.15, -0.1) is 300 Å². The molecule has 8 aromatic heterocycles. The minimum atomic E-state index is -2.70. The summed E-state index contributed by atoms with van der Waals surface area (Å²) in [6, 6.07) is 139. The molecular formula is C125H103FIr4N8-8. The molecule has 8 nitrogen and oxygen atoms in total. The van der Waals surface area contributed by atoms with Gasteiger partial charge in [-0.3, -0.25) is 0 Å². The molecule has 0 saturated heterocycles. The Morgan fingerprint density at radius 2 is 0.464 bits per heavy atom. The first-order chi connectivity index (χ1) is 75.5. The van der Waals surface area contributed by atoms with Crippen LogP contribution >= 0.6 is 0 Å². The maximum absolute atomic E-state index is 13.7. The van der Waals surface area contributed by atoms with Crippen molar-refractivity contribution in [3.63, 3.8) is 0 Å². The molecule has 0 N–H and O–H groups in total. The zero-order chi connectivity index (χ0) is 115. The summed E-state index contributed by atoms with van der Waals surface area (Å²) >= 11 is 0. The van der Waals surface area contributed by atoms with Crippen molar-refractivity contribution in [1.29, 1.82) is 0 Å². The molecule has 0 atom stereocenters. The largest absolute Gasteiger partial charge is 0.304 e. The smallest absolute Gasteiger partial charge is 0.126 e. The zero-order valence-corrected chi connectivity index (χ0v) is 83.9. The average Bonchev–Trinajstić information content (AvgIpc) is 0.785. The molecule has 694 valence electrons. The Bertz CT molecular complexity index is 7390. The topological polar surface area (TPSA) is 103 Å². The molecule has 0 spiro atoms. The minimum absolute atomic E-state index is 0. The van der Waals surface area contributed by atoms with Crippen molar-refractivity contribution < 1.29 is 119 Å². The predicted molar refractivity (Wildman–Crippen MR) is 551 cm³/mol. The predicted octanol–water partition coefficient (Wildman–Crippen LogP) is 30.8. The van der Waals surface area contributed by atoms with E-state index >= 15 is 0 Å². The molecule has 20 aromatic rings. The summed E-state index contributed by atoms with van der Waals surface area (Å²) in [5.41, 5.74) is 22.4. The number of benzene rings is 12. The summed E-state index contributed by atoms with van der Waals surface area (Å²) in [6.45, 7) is -12.4. The standard InChI is InChI=1S/2C19H16N.C18H13FN.C18H14N.4C12H10N.C3H4.4Ir/c2*1-2-15-8-10-16(11-9-15)18-12-13-19(20-14-18)17-6-4-3-5-7-17;1-13-11-15(7-9-17(13)19)16-8-10-18(20-12-16)14-5-3-2-4-6-14;1-14-7-9-15(10-8-14)17-11-12-18(19-13-17)16-5-3-2-4-6-16;4*1-10-7-8-12(13-9-10)11-5-3-2-4-6-11;1-3-2;;;;/h2*3-6,8-14H,2H2,1H3;2-5,7-12H,1H3;2-5,7-13H,1H3;4*2-5,7-9H,1H3;1H,2H3;;;;/q8*-1;;;;;/i1D3,2D2;2D2;6*1D3;;;;;. The molecule has 0 fully saturated rings. The second-order valence-corrected chi connectivity index (χ2v) is 28.8. The van der Waals surface area contributed by atoms with Crippen molar-refractivity contribution >= 4 is 0 Å². The zero-order valence-electron chi connectivity index (χ0n) is 99.4. The Morgan fingerprint density at radius 3 is 0.659 bits per heavy atom. The third kappa shape index (κ3) is 35.2. The van der Waals surface area contributed by atoms with Crippen molar-refractivity contribution in [2.45, 2.75) is 74.6 Å². The number of hydrogen-bond donors (Lipinski definition) is 0. The Balaban J connectivity index is 0.000000225. The Kier molecular flexibility index (Phi) is 33.3. The summed E-state index contributed by atoms with van der Waals surface area (Å²) in [5.74, 6) is 1.53. The van der Waals surface area contributed by atoms with Crippen molar-refractivity contribution in [3.8, 4) is 147 Å². The van der Waals surface area contributed by atoms with Crippen LogP contribution in [0, 0.1) is 108 Å². The van der Waals surface area contributed by atoms with E-state index in [9.17, 15) is 4.39 Å². The first kappa shape index (κ1) is 77.0. The van der Waals surface area contributed by atoms with Crippen LogP contribution in [0.4, 0.5) is 4.39 Å². The Labute approximate surface area is 904 Å². The molecule has 0 aliphatic carbocycles. The Morgan fingerprint density at radius 1 is 0.254 bits per heavy atom. The summed E-state index contributed by atoms with van der Waals surface area (Å²) in [4.78, 5) is 34.3. The Hall–Kier alpha value is -14.1. The minimum Gasteiger partial charge on any atom is -0.304 e. The molecular weight excluding hydrogens is 2400 g/mol. The number of aromatic nitrogens is 8. The number of terminal acetylenes is 1. The third-order valence-electron chi connectivity index (χ3n) is 19.4. The molecule has 4 radical (unpaired) electrons. The molecule has 8 heterocycles. The van der Waals surface area contributed by atoms with Crippen LogP contribution in [0.2, 0.25) is 0 Å². The molecule has 0 aliphatic heterocycles. The number of nitrogens with zero attached hydrogens (tertiary/aromatic N) is 8. The number of pyridine rings is 8. The van der Waals surface area contributed by atoms with E-state index in [-0.39, 0.29) is 114 Å². The maximum Gasteiger partial charge on any atom is 0.126 e. The normalized spacial score (nSPS) is 13.3. The van der Waals surface area contributed by atoms with E-state index in [0.717, 1.165) is 129 Å². The van der Waals surface area contributed by atoms with Gasteiger partial charge in [-0.05, 0) is 202 Å². The van der Waals surface area contributed by atoms with Gasteiger partial charge in [-0.1, -0.05) is 195 Å². The fraction of sp³-hybridized carbons (Fsp3) is 0.0880. The van der Waals surface area contributed by atoms with Crippen LogP contribution in [0.5, 0.6) is 0 Å². The van der Waals surface area contributed by atoms with Gasteiger partial charge >= 0.3 is 0 Å². The van der Waals surface area contributed by atoms with Gasteiger partial charge in [0.15, 0.2) is 0 Å². The molecule has 0 aliphatic rings. The number of aryl methyl sites for hydroxylation is 8. The van der Waals surface area contributed by atoms with Crippen LogP contribution < -0.4 is 0 Å². The molecule has 0 bridgehead atoms. The van der Waals surface area contributed by atoms with Crippen LogP contribution in [0.25, 0.3) is 135 Å². The molecule has 13 heteroatoms. The first-order valence-corrected chi connectivity index (χ1v) is 42.0. The summed E-state index contributed by atoms with van der Waals surface area (Å²) < 4.78 is 198. The van der Waals surface area contributed by atoms with E-state index in [0.29, 0.717) is 16.7 Å². The second-order valence-electron chi connectivity index (χ2n) is 28.8. The molecule has 0 unspecified atom stereocenters. The van der Waals surface area contributed by atoms with E-state index in [1.54, 1.807) is 136 Å². The van der Waals surface area contributed by atoms with Gasteiger partial charge in [0.1, 0.15) is 5.82 Å². The quantitative estimate of drug-likeness (QED) is 0.0784. The van der Waals surface area contributed by atoms with E-state index < -0.39 is 66.5 Å². The first-order valence-electron chi connectivity index (χ1n) is 54.5. The van der Waals surface area contributed by atoms with E-state index in [4.69, 9.17) is 34.3 Å². The van der Waals surface area contributed by atoms with Gasteiger partial charge in [0.2, 0.25) is 0 Å². The van der Waals surface area contributed by atoms with Crippen LogP contribution in [0.15, 0.2) is 432 Å². The molecule has 0 amide bonds. The van der Waals surface area contributed by atoms with Gasteiger partial charge in [-0.25, -0.2) is 4.39 Å². The molecule has 12 aromatic carbocycles. The van der Waals surface area contributed by atoms with Crippen molar-refractivity contribution in [2.75, 3.05) is 0 Å². The van der Waals surface area contributed by atoms with E-state index in [1.807, 2.05) is 261 Å². The monoisotopic (exact) mass is 2530 g/mol. The fourth-order valence-electron chi connectivity index (χ4n) is 12.5. The van der Waals surface area contributed by atoms with Crippen molar-refractivity contribution in [2.24, 2.45) is 0 Å². The van der Waals surface area contributed by atoms with Gasteiger partial charge < -0.3 is 39.9 Å². The van der Waals surface area contributed by atoms with Gasteiger partial charge in [0, 0.05) is 164 Å². The molecule has 138 heavy (non-hydrogen) atoms. The summed E-state index contributed by atoms with van der Waals surface area (Å²) in [5, 5.41) is 0. The summed E-state index contributed by atoms with van der Waals surface area (Å²) in [7, 11) is 0. The second kappa shape index (κ2) is 59.7. The van der Waals surface area contributed by atoms with Gasteiger partial charge in [0.25, 0.3) is 0 Å². The van der Waals surface area contributed by atoms with Crippen LogP contribution in [-0.2, 0) is 93.2 Å². The average molecular weight is 2530 g/mol. The third-order valence-corrected chi connectivity index (χ3v) is 19.4. The summed E-state index contributed by atoms with van der Waals surface area (Å²) in [6.07, 6.45) is 13.5. The number of rotatable bonds is 14. The number of halogens is 1. The van der Waals surface area contributed by atoms with E-state index in [2.05, 4.69) is 101 Å². The molecule has 20 rings (SSSR count). The van der Waals surface area contributed by atoms with Crippen LogP contribution in [0.1, 0.15) is 99.5 Å². The number of hydrogen-bond acceptors (Lipinski definition) is 8. The molecule has 0 saturated carbocycles. The fourth-order valence-corrected chi connectivity index (χ4v) is 12.5. The van der Waals surface area contributed by atoms with Crippen molar-refractivity contribution in [3.05, 3.63) is 531 Å². The van der Waals surface area contributed by atoms with Crippen molar-refractivity contribution in [1.82, 2.24) is 39.9 Å². The van der Waals surface area contributed by atoms with Crippen LogP contribution in [-0.4, -0.2) is 39.9 Å². The SMILES string of the molecule is C#CC.[2H]C([2H])(C)c1ccc(-c2ccc(-c3[c-]cccc3)nc2)cc1.[2H]C([2H])([2H])C([2H])([2H])c1ccc(-c2ccc(-c3[c-]cccc3)nc2)cc1.[2H]C([2H])([2H])c1cc(-c2ccc(-c3[c-]cccc3)nc2)ccc1F.[2H]C([2H])([2H])c1ccc(-c2[c-]cccc2)nc1.[2H]C([2H])([2H])c1ccc(-c2[c-]cccc2)nc1.[2H]C([2H])([2H])c1ccc(-c2[c-]cccc2)nc1.[2H]C([2H])([2H])c1ccc(-c2[c-]cccc2)nc1.[2H]C([2H])([2H])c1ccc(-c2ccc(-c3[c-]cccc3)nc2)cc1.[Ir].[Ir].[Ir].[Ir]. The van der Waals surface area contributed by atoms with Gasteiger partial charge in [-0.2, -0.15) is 0 Å². The van der Waals surface area contributed by atoms with E-state index in [1.165, 1.54) is 49.1 Å². The van der Waals surface area contributed by atoms with Gasteiger partial charge in [0.05, 0.1) is 0 Å². The maximum atomic E-state index is 13.7. The van der Waals surface area contributed by atoms with Crippen LogP contribution in [0.3, 0.4) is 0 Å².